The van der Waals surface area contributed by atoms with Crippen LogP contribution in [0.4, 0.5) is 0 Å². The van der Waals surface area contributed by atoms with E-state index in [0.717, 1.165) is 5.56 Å². The van der Waals surface area contributed by atoms with Gasteiger partial charge in [0, 0.05) is 12.5 Å². The van der Waals surface area contributed by atoms with Crippen molar-refractivity contribution in [2.45, 2.75) is 26.7 Å². The van der Waals surface area contributed by atoms with Gasteiger partial charge >= 0.3 is 5.97 Å². The Morgan fingerprint density at radius 2 is 1.88 bits per heavy atom. The van der Waals surface area contributed by atoms with E-state index in [1.807, 2.05) is 32.0 Å². The van der Waals surface area contributed by atoms with Crippen LogP contribution in [0.1, 0.15) is 42.6 Å². The van der Waals surface area contributed by atoms with Gasteiger partial charge in [0.1, 0.15) is 0 Å². The van der Waals surface area contributed by atoms with Crippen LogP contribution in [0, 0.1) is 0 Å². The average Bonchev–Trinajstić information content (AvgIpc) is 2.25. The van der Waals surface area contributed by atoms with Gasteiger partial charge in [-0.25, -0.2) is 0 Å². The Morgan fingerprint density at radius 1 is 1.25 bits per heavy atom. The third-order valence-corrected chi connectivity index (χ3v) is 2.29. The number of carbonyl (C=O) groups is 2. The highest BCUT2D eigenvalue weighted by Gasteiger charge is 2.13. The fourth-order valence-corrected chi connectivity index (χ4v) is 1.50. The molecule has 0 fully saturated rings. The van der Waals surface area contributed by atoms with Crippen LogP contribution in [-0.4, -0.2) is 18.4 Å². The lowest BCUT2D eigenvalue weighted by Crippen LogP contribution is -2.14. The number of carbonyl (C=O) groups excluding carboxylic acids is 2. The number of Topliss-reactive ketones (excluding diaryl/α,β-unsaturated/α-hetero) is 1. The van der Waals surface area contributed by atoms with Crippen LogP contribution < -0.4 is 0 Å². The largest absolute Gasteiger partial charge is 0.457 e. The molecule has 3 heteroatoms. The molecule has 0 aliphatic carbocycles. The number of ether oxygens (including phenoxy) is 1. The Balaban J connectivity index is 2.86. The van der Waals surface area contributed by atoms with Gasteiger partial charge in [-0.15, -0.1) is 0 Å². The molecule has 16 heavy (non-hydrogen) atoms. The van der Waals surface area contributed by atoms with Gasteiger partial charge in [0.05, 0.1) is 0 Å². The van der Waals surface area contributed by atoms with Crippen LogP contribution in [0.15, 0.2) is 24.3 Å². The monoisotopic (exact) mass is 220 g/mol. The van der Waals surface area contributed by atoms with E-state index in [4.69, 9.17) is 4.74 Å². The van der Waals surface area contributed by atoms with Crippen molar-refractivity contribution in [2.24, 2.45) is 0 Å². The van der Waals surface area contributed by atoms with Crippen molar-refractivity contribution in [1.82, 2.24) is 0 Å². The summed E-state index contributed by atoms with van der Waals surface area (Å²) in [6.45, 7) is 5.16. The number of hydrogen-bond donors (Lipinski definition) is 0. The molecule has 0 N–H and O–H groups in total. The second-order valence-corrected chi connectivity index (χ2v) is 3.95. The van der Waals surface area contributed by atoms with E-state index in [1.165, 1.54) is 6.92 Å². The van der Waals surface area contributed by atoms with Crippen molar-refractivity contribution >= 4 is 11.8 Å². The van der Waals surface area contributed by atoms with Crippen LogP contribution in [0.5, 0.6) is 0 Å². The maximum absolute atomic E-state index is 11.8. The molecule has 0 spiro atoms. The minimum Gasteiger partial charge on any atom is -0.457 e. The summed E-state index contributed by atoms with van der Waals surface area (Å²) in [6.07, 6.45) is 0. The van der Waals surface area contributed by atoms with Gasteiger partial charge in [0.2, 0.25) is 5.78 Å². The molecule has 1 rings (SSSR count). The van der Waals surface area contributed by atoms with Gasteiger partial charge in [0.25, 0.3) is 0 Å². The number of rotatable bonds is 4. The summed E-state index contributed by atoms with van der Waals surface area (Å²) < 4.78 is 4.70. The predicted molar refractivity (Wildman–Crippen MR) is 61.5 cm³/mol. The highest BCUT2D eigenvalue weighted by atomic mass is 16.5. The first-order valence-corrected chi connectivity index (χ1v) is 5.28. The van der Waals surface area contributed by atoms with Crippen molar-refractivity contribution in [3.05, 3.63) is 35.4 Å². The van der Waals surface area contributed by atoms with Crippen LogP contribution in [0.3, 0.4) is 0 Å². The molecule has 0 aliphatic rings. The lowest BCUT2D eigenvalue weighted by molar-refractivity contribution is -0.139. The maximum Gasteiger partial charge on any atom is 0.303 e. The van der Waals surface area contributed by atoms with E-state index in [-0.39, 0.29) is 18.3 Å². The summed E-state index contributed by atoms with van der Waals surface area (Å²) in [5, 5.41) is 0. The van der Waals surface area contributed by atoms with Crippen molar-refractivity contribution in [2.75, 3.05) is 6.61 Å². The van der Waals surface area contributed by atoms with Crippen LogP contribution in [-0.2, 0) is 9.53 Å². The highest BCUT2D eigenvalue weighted by molar-refractivity contribution is 5.99. The van der Waals surface area contributed by atoms with E-state index in [1.54, 1.807) is 6.07 Å². The van der Waals surface area contributed by atoms with Crippen molar-refractivity contribution in [3.63, 3.8) is 0 Å². The second-order valence-electron chi connectivity index (χ2n) is 3.95. The molecule has 0 heterocycles. The summed E-state index contributed by atoms with van der Waals surface area (Å²) >= 11 is 0. The topological polar surface area (TPSA) is 43.4 Å². The molecule has 1 aromatic rings. The van der Waals surface area contributed by atoms with E-state index in [9.17, 15) is 9.59 Å². The van der Waals surface area contributed by atoms with Gasteiger partial charge in [-0.2, -0.15) is 0 Å². The van der Waals surface area contributed by atoms with Gasteiger partial charge < -0.3 is 4.74 Å². The van der Waals surface area contributed by atoms with Crippen molar-refractivity contribution < 1.29 is 14.3 Å². The molecule has 0 aliphatic heterocycles. The van der Waals surface area contributed by atoms with Crippen molar-refractivity contribution in [1.29, 1.82) is 0 Å². The maximum atomic E-state index is 11.8. The molecule has 0 radical (unpaired) electrons. The van der Waals surface area contributed by atoms with Gasteiger partial charge in [-0.05, 0) is 11.5 Å². The molecule has 0 unspecified atom stereocenters. The predicted octanol–water partition coefficient (Wildman–Crippen LogP) is 2.56. The Morgan fingerprint density at radius 3 is 2.44 bits per heavy atom. The summed E-state index contributed by atoms with van der Waals surface area (Å²) in [4.78, 5) is 22.4. The molecule has 1 aromatic carbocycles. The van der Waals surface area contributed by atoms with E-state index >= 15 is 0 Å². The molecule has 0 bridgehead atoms. The minimum absolute atomic E-state index is 0.153. The fourth-order valence-electron chi connectivity index (χ4n) is 1.50. The molecule has 3 nitrogen and oxygen atoms in total. The second kappa shape index (κ2) is 5.45. The Labute approximate surface area is 95.4 Å². The lowest BCUT2D eigenvalue weighted by atomic mass is 9.95. The third-order valence-electron chi connectivity index (χ3n) is 2.29. The Bertz CT molecular complexity index is 394. The van der Waals surface area contributed by atoms with Gasteiger partial charge in [-0.3, -0.25) is 9.59 Å². The zero-order chi connectivity index (χ0) is 12.1. The molecule has 86 valence electrons. The summed E-state index contributed by atoms with van der Waals surface area (Å²) in [5.74, 6) is -0.313. The smallest absolute Gasteiger partial charge is 0.303 e. The lowest BCUT2D eigenvalue weighted by Gasteiger charge is -2.11. The number of benzene rings is 1. The SMILES string of the molecule is CC(=O)OCC(=O)c1ccccc1C(C)C. The normalized spacial score (nSPS) is 10.2. The first-order valence-electron chi connectivity index (χ1n) is 5.28. The number of hydrogen-bond acceptors (Lipinski definition) is 3. The van der Waals surface area contributed by atoms with E-state index in [0.29, 0.717) is 5.56 Å². The zero-order valence-corrected chi connectivity index (χ0v) is 9.82. The van der Waals surface area contributed by atoms with E-state index in [2.05, 4.69) is 0 Å². The quantitative estimate of drug-likeness (QED) is 0.578. The molecule has 0 saturated carbocycles. The minimum atomic E-state index is -0.435. The van der Waals surface area contributed by atoms with Gasteiger partial charge in [0.15, 0.2) is 6.61 Å². The standard InChI is InChI=1S/C13H16O3/c1-9(2)11-6-4-5-7-12(11)13(15)8-16-10(3)14/h4-7,9H,8H2,1-3H3. The highest BCUT2D eigenvalue weighted by Crippen LogP contribution is 2.19. The Kier molecular flexibility index (Phi) is 4.23. The number of esters is 1. The van der Waals surface area contributed by atoms with Crippen LogP contribution >= 0.6 is 0 Å². The van der Waals surface area contributed by atoms with Crippen LogP contribution in [0.25, 0.3) is 0 Å². The van der Waals surface area contributed by atoms with E-state index < -0.39 is 5.97 Å². The molecule has 0 atom stereocenters. The van der Waals surface area contributed by atoms with Crippen LogP contribution in [0.2, 0.25) is 0 Å². The summed E-state index contributed by atoms with van der Waals surface area (Å²) in [5.41, 5.74) is 1.62. The first kappa shape index (κ1) is 12.4. The summed E-state index contributed by atoms with van der Waals surface area (Å²) in [7, 11) is 0. The molecular formula is C13H16O3. The third kappa shape index (κ3) is 3.19. The zero-order valence-electron chi connectivity index (χ0n) is 9.82. The summed E-state index contributed by atoms with van der Waals surface area (Å²) in [6, 6.07) is 7.40. The van der Waals surface area contributed by atoms with Gasteiger partial charge in [-0.1, -0.05) is 38.1 Å². The number of ketones is 1. The Hall–Kier alpha value is -1.64. The molecule has 0 amide bonds. The molecule has 0 aromatic heterocycles. The molecular weight excluding hydrogens is 204 g/mol. The average molecular weight is 220 g/mol. The molecule has 0 saturated heterocycles. The fraction of sp³-hybridized carbons (Fsp3) is 0.385. The van der Waals surface area contributed by atoms with Crippen molar-refractivity contribution in [3.8, 4) is 0 Å². The first-order chi connectivity index (χ1) is 7.52.